The first-order valence-electron chi connectivity index (χ1n) is 11.6. The lowest BCUT2D eigenvalue weighted by molar-refractivity contribution is -0.139. The molecule has 8 nitrogen and oxygen atoms in total. The molecular formula is C27H37N3O5. The Kier molecular flexibility index (Phi) is 9.04. The fourth-order valence-corrected chi connectivity index (χ4v) is 3.93. The van der Waals surface area contributed by atoms with E-state index in [1.165, 1.54) is 11.9 Å². The van der Waals surface area contributed by atoms with E-state index in [1.807, 2.05) is 64.1 Å². The number of rotatable bonds is 7. The number of hydrogen-bond acceptors (Lipinski definition) is 5. The number of ether oxygens (including phenoxy) is 1. The van der Waals surface area contributed by atoms with Gasteiger partial charge < -0.3 is 25.4 Å². The van der Waals surface area contributed by atoms with Gasteiger partial charge in [0.25, 0.3) is 5.91 Å². The third-order valence-electron chi connectivity index (χ3n) is 5.44. The van der Waals surface area contributed by atoms with Crippen LogP contribution in [0.15, 0.2) is 36.4 Å². The predicted octanol–water partition coefficient (Wildman–Crippen LogP) is 3.94. The Labute approximate surface area is 207 Å². The molecule has 2 rings (SSSR count). The maximum absolute atomic E-state index is 13.6. The lowest BCUT2D eigenvalue weighted by Crippen LogP contribution is -2.52. The Morgan fingerprint density at radius 3 is 2.03 bits per heavy atom. The number of hydrogen-bond donors (Lipinski definition) is 3. The zero-order chi connectivity index (χ0) is 26.5. The molecule has 8 heteroatoms. The van der Waals surface area contributed by atoms with E-state index in [4.69, 9.17) is 4.74 Å². The van der Waals surface area contributed by atoms with Crippen molar-refractivity contribution < 1.29 is 24.2 Å². The first kappa shape index (κ1) is 27.9. The van der Waals surface area contributed by atoms with Gasteiger partial charge in [0.1, 0.15) is 17.7 Å². The van der Waals surface area contributed by atoms with Crippen molar-refractivity contribution in [2.75, 3.05) is 19.0 Å². The highest BCUT2D eigenvalue weighted by Gasteiger charge is 2.34. The number of aryl methyl sites for hydroxylation is 4. The summed E-state index contributed by atoms with van der Waals surface area (Å²) in [4.78, 5) is 40.5. The number of likely N-dealkylation sites (N-methyl/N-ethyl adjacent to an activating group) is 1. The van der Waals surface area contributed by atoms with E-state index in [2.05, 4.69) is 10.6 Å². The van der Waals surface area contributed by atoms with Crippen LogP contribution in [0.3, 0.4) is 0 Å². The average molecular weight is 484 g/mol. The van der Waals surface area contributed by atoms with Crippen molar-refractivity contribution in [3.63, 3.8) is 0 Å². The quantitative estimate of drug-likeness (QED) is 0.553. The Hall–Kier alpha value is -3.39. The van der Waals surface area contributed by atoms with Gasteiger partial charge in [-0.1, -0.05) is 47.5 Å². The summed E-state index contributed by atoms with van der Waals surface area (Å²) in [5.74, 6) is -1.03. The molecule has 0 aliphatic heterocycles. The van der Waals surface area contributed by atoms with Gasteiger partial charge in [0.15, 0.2) is 0 Å². The summed E-state index contributed by atoms with van der Waals surface area (Å²) in [6.45, 7) is 12.1. The topological polar surface area (TPSA) is 108 Å². The van der Waals surface area contributed by atoms with E-state index < -0.39 is 42.2 Å². The van der Waals surface area contributed by atoms with Gasteiger partial charge in [-0.3, -0.25) is 9.59 Å². The van der Waals surface area contributed by atoms with Gasteiger partial charge in [-0.25, -0.2) is 4.79 Å². The fraction of sp³-hybridized carbons (Fsp3) is 0.444. The molecule has 0 fully saturated rings. The molecule has 0 bridgehead atoms. The van der Waals surface area contributed by atoms with Crippen LogP contribution in [-0.4, -0.2) is 53.2 Å². The van der Waals surface area contributed by atoms with Crippen LogP contribution in [0.1, 0.15) is 54.6 Å². The zero-order valence-corrected chi connectivity index (χ0v) is 21.9. The molecule has 35 heavy (non-hydrogen) atoms. The van der Waals surface area contributed by atoms with Crippen LogP contribution in [0, 0.1) is 27.7 Å². The van der Waals surface area contributed by atoms with E-state index >= 15 is 0 Å². The highest BCUT2D eigenvalue weighted by Crippen LogP contribution is 2.27. The van der Waals surface area contributed by atoms with Crippen molar-refractivity contribution in [1.29, 1.82) is 0 Å². The second-order valence-electron chi connectivity index (χ2n) is 9.91. The van der Waals surface area contributed by atoms with Crippen LogP contribution in [0.4, 0.5) is 10.5 Å². The van der Waals surface area contributed by atoms with Crippen molar-refractivity contribution in [2.24, 2.45) is 0 Å². The third-order valence-corrected chi connectivity index (χ3v) is 5.44. The summed E-state index contributed by atoms with van der Waals surface area (Å²) in [6, 6.07) is 9.09. The third kappa shape index (κ3) is 7.55. The largest absolute Gasteiger partial charge is 0.444 e. The van der Waals surface area contributed by atoms with Gasteiger partial charge >= 0.3 is 6.09 Å². The van der Waals surface area contributed by atoms with E-state index in [0.29, 0.717) is 11.3 Å². The Morgan fingerprint density at radius 2 is 1.54 bits per heavy atom. The average Bonchev–Trinajstić information content (AvgIpc) is 2.72. The normalized spacial score (nSPS) is 12.9. The summed E-state index contributed by atoms with van der Waals surface area (Å²) in [7, 11) is 1.48. The molecule has 0 saturated carbocycles. The number of amides is 3. The van der Waals surface area contributed by atoms with Crippen LogP contribution in [0.2, 0.25) is 0 Å². The van der Waals surface area contributed by atoms with Crippen molar-refractivity contribution in [1.82, 2.24) is 10.2 Å². The fourth-order valence-electron chi connectivity index (χ4n) is 3.93. The summed E-state index contributed by atoms with van der Waals surface area (Å²) in [5.41, 5.74) is 4.20. The molecule has 2 aromatic carbocycles. The minimum atomic E-state index is -1.28. The second-order valence-corrected chi connectivity index (χ2v) is 9.91. The molecule has 0 heterocycles. The van der Waals surface area contributed by atoms with Gasteiger partial charge in [0, 0.05) is 12.7 Å². The van der Waals surface area contributed by atoms with Crippen LogP contribution in [0.5, 0.6) is 0 Å². The lowest BCUT2D eigenvalue weighted by Gasteiger charge is -2.31. The molecule has 0 aliphatic carbocycles. The molecule has 0 spiro atoms. The molecule has 0 aromatic heterocycles. The van der Waals surface area contributed by atoms with E-state index in [-0.39, 0.29) is 0 Å². The lowest BCUT2D eigenvalue weighted by atomic mass is 9.98. The minimum absolute atomic E-state index is 0.405. The number of para-hydroxylation sites is 1. The summed E-state index contributed by atoms with van der Waals surface area (Å²) in [6.07, 6.45) is -0.832. The molecule has 2 aromatic rings. The Bertz CT molecular complexity index is 1050. The number of aliphatic hydroxyl groups is 1. The molecule has 0 radical (unpaired) electrons. The van der Waals surface area contributed by atoms with E-state index in [1.54, 1.807) is 20.8 Å². The van der Waals surface area contributed by atoms with Gasteiger partial charge in [0.05, 0.1) is 6.61 Å². The van der Waals surface area contributed by atoms with Crippen molar-refractivity contribution in [2.45, 2.75) is 66.2 Å². The van der Waals surface area contributed by atoms with Gasteiger partial charge in [0.2, 0.25) is 5.91 Å². The molecule has 2 atom stereocenters. The summed E-state index contributed by atoms with van der Waals surface area (Å²) >= 11 is 0. The summed E-state index contributed by atoms with van der Waals surface area (Å²) < 4.78 is 5.22. The first-order chi connectivity index (χ1) is 16.2. The van der Waals surface area contributed by atoms with Crippen LogP contribution < -0.4 is 10.6 Å². The minimum Gasteiger partial charge on any atom is -0.444 e. The molecule has 3 amide bonds. The highest BCUT2D eigenvalue weighted by atomic mass is 16.6. The smallest absolute Gasteiger partial charge is 0.408 e. The molecule has 2 unspecified atom stereocenters. The van der Waals surface area contributed by atoms with Gasteiger partial charge in [-0.05, 0) is 65.2 Å². The second kappa shape index (κ2) is 11.4. The highest BCUT2D eigenvalue weighted by molar-refractivity contribution is 5.99. The Balaban J connectivity index is 2.42. The standard InChI is InChI=1S/C27H37N3O5/c1-16-12-17(2)14-20(13-16)23(24(32)29-22-18(3)10-9-11-19(22)4)30(8)25(33)21(15-31)28-26(34)35-27(5,6)7/h9-14,21,23,31H,15H2,1-8H3,(H,28,34)(H,29,32). The van der Waals surface area contributed by atoms with E-state index in [0.717, 1.165) is 22.3 Å². The summed E-state index contributed by atoms with van der Waals surface area (Å²) in [5, 5.41) is 15.2. The number of carbonyl (C=O) groups is 3. The SMILES string of the molecule is Cc1cc(C)cc(C(C(=O)Nc2c(C)cccc2C)N(C)C(=O)C(CO)NC(=O)OC(C)(C)C)c1. The number of nitrogens with zero attached hydrogens (tertiary/aromatic N) is 1. The Morgan fingerprint density at radius 1 is 1.00 bits per heavy atom. The number of alkyl carbamates (subject to hydrolysis) is 1. The molecule has 3 N–H and O–H groups in total. The molecule has 190 valence electrons. The predicted molar refractivity (Wildman–Crippen MR) is 136 cm³/mol. The maximum atomic E-state index is 13.6. The number of nitrogens with one attached hydrogen (secondary N) is 2. The number of anilines is 1. The molecule has 0 saturated heterocycles. The number of benzene rings is 2. The van der Waals surface area contributed by atoms with Crippen molar-refractivity contribution >= 4 is 23.6 Å². The molecular weight excluding hydrogens is 446 g/mol. The van der Waals surface area contributed by atoms with Crippen LogP contribution in [-0.2, 0) is 14.3 Å². The van der Waals surface area contributed by atoms with Gasteiger partial charge in [-0.15, -0.1) is 0 Å². The maximum Gasteiger partial charge on any atom is 0.408 e. The van der Waals surface area contributed by atoms with Crippen molar-refractivity contribution in [3.8, 4) is 0 Å². The first-order valence-corrected chi connectivity index (χ1v) is 11.6. The van der Waals surface area contributed by atoms with Gasteiger partial charge in [-0.2, -0.15) is 0 Å². The zero-order valence-electron chi connectivity index (χ0n) is 21.9. The number of aliphatic hydroxyl groups excluding tert-OH is 1. The number of carbonyl (C=O) groups excluding carboxylic acids is 3. The molecule has 0 aliphatic rings. The van der Waals surface area contributed by atoms with Crippen LogP contribution in [0.25, 0.3) is 0 Å². The van der Waals surface area contributed by atoms with Crippen LogP contribution >= 0.6 is 0 Å². The monoisotopic (exact) mass is 483 g/mol. The van der Waals surface area contributed by atoms with Crippen molar-refractivity contribution in [3.05, 3.63) is 64.2 Å². The van der Waals surface area contributed by atoms with E-state index in [9.17, 15) is 19.5 Å².